The second-order valence-corrected chi connectivity index (χ2v) is 9.47. The van der Waals surface area contributed by atoms with Gasteiger partial charge in [0.1, 0.15) is 11.6 Å². The van der Waals surface area contributed by atoms with Gasteiger partial charge in [-0.05, 0) is 82.4 Å². The molecule has 0 spiro atoms. The Hall–Kier alpha value is -4.04. The maximum atomic E-state index is 13.7. The molecule has 1 N–H and O–H groups in total. The summed E-state index contributed by atoms with van der Waals surface area (Å²) in [4.78, 5) is 35.9. The third kappa shape index (κ3) is 5.54. The number of nitrogens with one attached hydrogen (secondary N) is 1. The molecule has 0 radical (unpaired) electrons. The lowest BCUT2D eigenvalue weighted by Gasteiger charge is -2.32. The third-order valence-corrected chi connectivity index (χ3v) is 6.49. The SMILES string of the molecule is Cc1cccc(C)c1NC(=O)N(CCN(C)C)C(C)c1nc2ccccc2c(=O)n1-c1ccc(F)cc1. The lowest BCUT2D eigenvalue weighted by molar-refractivity contribution is 0.181. The van der Waals surface area contributed by atoms with E-state index in [-0.39, 0.29) is 11.6 Å². The first-order chi connectivity index (χ1) is 17.7. The van der Waals surface area contributed by atoms with Crippen LogP contribution in [-0.4, -0.2) is 52.6 Å². The van der Waals surface area contributed by atoms with E-state index in [9.17, 15) is 14.0 Å². The first-order valence-electron chi connectivity index (χ1n) is 12.2. The normalized spacial score (nSPS) is 12.1. The van der Waals surface area contributed by atoms with E-state index in [0.29, 0.717) is 35.5 Å². The number of hydrogen-bond acceptors (Lipinski definition) is 4. The van der Waals surface area contributed by atoms with Crippen LogP contribution in [0.15, 0.2) is 71.5 Å². The summed E-state index contributed by atoms with van der Waals surface area (Å²) >= 11 is 0. The van der Waals surface area contributed by atoms with Crippen LogP contribution in [0.1, 0.15) is 29.9 Å². The van der Waals surface area contributed by atoms with Crippen molar-refractivity contribution < 1.29 is 9.18 Å². The minimum Gasteiger partial charge on any atom is -0.313 e. The molecule has 0 aliphatic carbocycles. The molecule has 2 amide bonds. The summed E-state index contributed by atoms with van der Waals surface area (Å²) in [6.07, 6.45) is 0. The van der Waals surface area contributed by atoms with Crippen LogP contribution in [0.4, 0.5) is 14.9 Å². The highest BCUT2D eigenvalue weighted by Crippen LogP contribution is 2.25. The summed E-state index contributed by atoms with van der Waals surface area (Å²) in [6.45, 7) is 6.77. The molecular formula is C29H32FN5O2. The highest BCUT2D eigenvalue weighted by atomic mass is 19.1. The maximum Gasteiger partial charge on any atom is 0.322 e. The van der Waals surface area contributed by atoms with E-state index >= 15 is 0 Å². The molecule has 0 bridgehead atoms. The van der Waals surface area contributed by atoms with Crippen LogP contribution in [0.5, 0.6) is 0 Å². The Balaban J connectivity index is 1.84. The molecule has 8 heteroatoms. The van der Waals surface area contributed by atoms with Crippen LogP contribution >= 0.6 is 0 Å². The van der Waals surface area contributed by atoms with E-state index in [0.717, 1.165) is 16.8 Å². The van der Waals surface area contributed by atoms with Gasteiger partial charge in [0.25, 0.3) is 5.56 Å². The number of nitrogens with zero attached hydrogens (tertiary/aromatic N) is 4. The number of halogens is 1. The van der Waals surface area contributed by atoms with Gasteiger partial charge in [-0.1, -0.05) is 30.3 Å². The molecule has 0 saturated carbocycles. The highest BCUT2D eigenvalue weighted by Gasteiger charge is 2.27. The van der Waals surface area contributed by atoms with Crippen LogP contribution in [0.25, 0.3) is 16.6 Å². The molecule has 0 aliphatic heterocycles. The van der Waals surface area contributed by atoms with E-state index in [4.69, 9.17) is 4.98 Å². The molecule has 1 atom stereocenters. The van der Waals surface area contributed by atoms with Gasteiger partial charge in [0.05, 0.1) is 22.6 Å². The Bertz CT molecular complexity index is 1460. The van der Waals surface area contributed by atoms with Crippen molar-refractivity contribution in [2.24, 2.45) is 0 Å². The van der Waals surface area contributed by atoms with Crippen molar-refractivity contribution in [2.75, 3.05) is 32.5 Å². The Kier molecular flexibility index (Phi) is 7.69. The van der Waals surface area contributed by atoms with Crippen LogP contribution < -0.4 is 10.9 Å². The zero-order valence-electron chi connectivity index (χ0n) is 21.8. The first kappa shape index (κ1) is 26.0. The van der Waals surface area contributed by atoms with E-state index in [1.54, 1.807) is 35.2 Å². The van der Waals surface area contributed by atoms with Crippen LogP contribution in [0.3, 0.4) is 0 Å². The summed E-state index contributed by atoms with van der Waals surface area (Å²) in [6, 6.07) is 17.8. The molecule has 3 aromatic carbocycles. The second kappa shape index (κ2) is 10.9. The summed E-state index contributed by atoms with van der Waals surface area (Å²) in [7, 11) is 3.88. The average molecular weight is 502 g/mol. The molecule has 4 aromatic rings. The largest absolute Gasteiger partial charge is 0.322 e. The maximum absolute atomic E-state index is 13.7. The number of hydrogen-bond donors (Lipinski definition) is 1. The Morgan fingerprint density at radius 2 is 1.62 bits per heavy atom. The quantitative estimate of drug-likeness (QED) is 0.373. The number of aryl methyl sites for hydroxylation is 2. The number of amides is 2. The second-order valence-electron chi connectivity index (χ2n) is 9.47. The van der Waals surface area contributed by atoms with Crippen LogP contribution in [-0.2, 0) is 0 Å². The zero-order chi connectivity index (χ0) is 26.7. The number of para-hydroxylation sites is 2. The number of benzene rings is 3. The van der Waals surface area contributed by atoms with Gasteiger partial charge in [-0.3, -0.25) is 9.36 Å². The molecule has 7 nitrogen and oxygen atoms in total. The van der Waals surface area contributed by atoms with Gasteiger partial charge in [-0.25, -0.2) is 14.2 Å². The van der Waals surface area contributed by atoms with Gasteiger partial charge in [0, 0.05) is 18.8 Å². The minimum absolute atomic E-state index is 0.276. The zero-order valence-corrected chi connectivity index (χ0v) is 21.8. The van der Waals surface area contributed by atoms with Crippen molar-refractivity contribution in [1.29, 1.82) is 0 Å². The van der Waals surface area contributed by atoms with Crippen molar-refractivity contribution in [3.8, 4) is 5.69 Å². The standard InChI is InChI=1S/C29H32FN5O2/c1-19-9-8-10-20(2)26(19)32-29(37)34(18-17-33(4)5)21(3)27-31-25-12-7-6-11-24(25)28(36)35(27)23-15-13-22(30)14-16-23/h6-16,21H,17-18H2,1-5H3,(H,32,37). The molecule has 192 valence electrons. The Labute approximate surface area is 216 Å². The first-order valence-corrected chi connectivity index (χ1v) is 12.2. The summed E-state index contributed by atoms with van der Waals surface area (Å²) in [5.74, 6) is -0.00791. The predicted octanol–water partition coefficient (Wildman–Crippen LogP) is 5.30. The van der Waals surface area contributed by atoms with Gasteiger partial charge in [-0.15, -0.1) is 0 Å². The fourth-order valence-corrected chi connectivity index (χ4v) is 4.38. The van der Waals surface area contributed by atoms with Gasteiger partial charge in [0.15, 0.2) is 0 Å². The number of aromatic nitrogens is 2. The smallest absolute Gasteiger partial charge is 0.313 e. The van der Waals surface area contributed by atoms with Crippen molar-refractivity contribution >= 4 is 22.6 Å². The number of carbonyl (C=O) groups is 1. The van der Waals surface area contributed by atoms with Crippen LogP contribution in [0, 0.1) is 19.7 Å². The van der Waals surface area contributed by atoms with Crippen molar-refractivity contribution in [3.63, 3.8) is 0 Å². The molecule has 37 heavy (non-hydrogen) atoms. The highest BCUT2D eigenvalue weighted by molar-refractivity contribution is 5.91. The number of likely N-dealkylation sites (N-methyl/N-ethyl adjacent to an activating group) is 1. The minimum atomic E-state index is -0.577. The topological polar surface area (TPSA) is 70.5 Å². The van der Waals surface area contributed by atoms with E-state index < -0.39 is 11.9 Å². The van der Waals surface area contributed by atoms with Gasteiger partial charge in [-0.2, -0.15) is 0 Å². The number of urea groups is 1. The molecule has 0 aliphatic rings. The molecule has 1 aromatic heterocycles. The molecule has 0 saturated heterocycles. The Morgan fingerprint density at radius 1 is 0.973 bits per heavy atom. The summed E-state index contributed by atoms with van der Waals surface area (Å²) in [5.41, 5.74) is 3.42. The summed E-state index contributed by atoms with van der Waals surface area (Å²) < 4.78 is 15.2. The van der Waals surface area contributed by atoms with E-state index in [1.165, 1.54) is 16.7 Å². The average Bonchev–Trinajstić information content (AvgIpc) is 2.87. The number of anilines is 1. The van der Waals surface area contributed by atoms with Crippen molar-refractivity contribution in [2.45, 2.75) is 26.8 Å². The summed E-state index contributed by atoms with van der Waals surface area (Å²) in [5, 5.41) is 3.52. The third-order valence-electron chi connectivity index (χ3n) is 6.49. The predicted molar refractivity (Wildman–Crippen MR) is 146 cm³/mol. The van der Waals surface area contributed by atoms with Gasteiger partial charge < -0.3 is 15.1 Å². The number of fused-ring (bicyclic) bond motifs is 1. The molecule has 1 heterocycles. The van der Waals surface area contributed by atoms with Crippen molar-refractivity contribution in [3.05, 3.63) is 99.9 Å². The monoisotopic (exact) mass is 501 g/mol. The lowest BCUT2D eigenvalue weighted by Crippen LogP contribution is -2.43. The van der Waals surface area contributed by atoms with E-state index in [1.807, 2.05) is 64.0 Å². The lowest BCUT2D eigenvalue weighted by atomic mass is 10.1. The molecule has 0 fully saturated rings. The van der Waals surface area contributed by atoms with E-state index in [2.05, 4.69) is 5.32 Å². The van der Waals surface area contributed by atoms with Crippen molar-refractivity contribution in [1.82, 2.24) is 19.4 Å². The number of carbonyl (C=O) groups excluding carboxylic acids is 1. The van der Waals surface area contributed by atoms with Gasteiger partial charge in [0.2, 0.25) is 0 Å². The molecular weight excluding hydrogens is 469 g/mol. The molecule has 4 rings (SSSR count). The van der Waals surface area contributed by atoms with Gasteiger partial charge >= 0.3 is 6.03 Å². The Morgan fingerprint density at radius 3 is 2.27 bits per heavy atom. The molecule has 1 unspecified atom stereocenters. The van der Waals surface area contributed by atoms with Crippen LogP contribution in [0.2, 0.25) is 0 Å². The fraction of sp³-hybridized carbons (Fsp3) is 0.276. The number of rotatable bonds is 7. The fourth-order valence-electron chi connectivity index (χ4n) is 4.38.